The Kier molecular flexibility index (Phi) is 5.26. The van der Waals surface area contributed by atoms with Gasteiger partial charge in [-0.15, -0.1) is 11.3 Å². The summed E-state index contributed by atoms with van der Waals surface area (Å²) in [7, 11) is 0. The normalized spacial score (nSPS) is 13.9. The van der Waals surface area contributed by atoms with E-state index in [0.717, 1.165) is 22.7 Å². The van der Waals surface area contributed by atoms with Gasteiger partial charge in [0.1, 0.15) is 10.6 Å². The summed E-state index contributed by atoms with van der Waals surface area (Å²) >= 11 is 1.57. The van der Waals surface area contributed by atoms with Gasteiger partial charge < -0.3 is 4.74 Å². The number of hydrogen-bond acceptors (Lipinski definition) is 4. The van der Waals surface area contributed by atoms with Crippen molar-refractivity contribution in [1.82, 2.24) is 4.98 Å². The summed E-state index contributed by atoms with van der Waals surface area (Å²) in [6.45, 7) is 6.79. The number of thiazole rings is 1. The van der Waals surface area contributed by atoms with E-state index in [2.05, 4.69) is 18.8 Å². The van der Waals surface area contributed by atoms with Gasteiger partial charge in [-0.05, 0) is 20.3 Å². The molecule has 0 saturated carbocycles. The minimum absolute atomic E-state index is 0.0991. The highest BCUT2D eigenvalue weighted by molar-refractivity contribution is 7.09. The molecular weight excluding hydrogens is 282 g/mol. The third-order valence-corrected chi connectivity index (χ3v) is 4.72. The SMILES string of the molecule is CCOC(C)(CC)c1nc(CC(=O)c2ccccc2)cs1. The van der Waals surface area contributed by atoms with Crippen molar-refractivity contribution < 1.29 is 9.53 Å². The van der Waals surface area contributed by atoms with E-state index in [-0.39, 0.29) is 11.4 Å². The maximum absolute atomic E-state index is 12.2. The standard InChI is InChI=1S/C17H21NO2S/c1-4-17(3,20-5-2)16-18-14(12-21-16)11-15(19)13-9-7-6-8-10-13/h6-10,12H,4-5,11H2,1-3H3. The molecule has 0 aliphatic heterocycles. The number of aromatic nitrogens is 1. The Morgan fingerprint density at radius 2 is 2.00 bits per heavy atom. The molecule has 1 unspecified atom stereocenters. The number of benzene rings is 1. The zero-order valence-electron chi connectivity index (χ0n) is 12.8. The van der Waals surface area contributed by atoms with Gasteiger partial charge in [-0.3, -0.25) is 4.79 Å². The number of carbonyl (C=O) groups is 1. The zero-order chi connectivity index (χ0) is 15.3. The molecule has 21 heavy (non-hydrogen) atoms. The lowest BCUT2D eigenvalue weighted by molar-refractivity contribution is -0.0325. The van der Waals surface area contributed by atoms with Crippen LogP contribution in [0.15, 0.2) is 35.7 Å². The largest absolute Gasteiger partial charge is 0.368 e. The Bertz CT molecular complexity index is 594. The van der Waals surface area contributed by atoms with Crippen LogP contribution in [0.4, 0.5) is 0 Å². The summed E-state index contributed by atoms with van der Waals surface area (Å²) in [5.74, 6) is 0.0991. The Hall–Kier alpha value is -1.52. The van der Waals surface area contributed by atoms with E-state index < -0.39 is 0 Å². The van der Waals surface area contributed by atoms with Gasteiger partial charge in [0, 0.05) is 17.6 Å². The minimum atomic E-state index is -0.354. The van der Waals surface area contributed by atoms with Gasteiger partial charge in [-0.1, -0.05) is 37.3 Å². The van der Waals surface area contributed by atoms with Crippen molar-refractivity contribution in [1.29, 1.82) is 0 Å². The quantitative estimate of drug-likeness (QED) is 0.719. The minimum Gasteiger partial charge on any atom is -0.368 e. The zero-order valence-corrected chi connectivity index (χ0v) is 13.6. The van der Waals surface area contributed by atoms with Gasteiger partial charge in [0.25, 0.3) is 0 Å². The molecule has 0 aliphatic carbocycles. The van der Waals surface area contributed by atoms with Crippen LogP contribution in [0.1, 0.15) is 48.3 Å². The highest BCUT2D eigenvalue weighted by atomic mass is 32.1. The molecule has 0 saturated heterocycles. The van der Waals surface area contributed by atoms with Crippen molar-refractivity contribution in [3.05, 3.63) is 52.0 Å². The van der Waals surface area contributed by atoms with Gasteiger partial charge in [-0.25, -0.2) is 4.98 Å². The Balaban J connectivity index is 2.12. The maximum Gasteiger partial charge on any atom is 0.168 e. The van der Waals surface area contributed by atoms with Crippen molar-refractivity contribution in [3.8, 4) is 0 Å². The van der Waals surface area contributed by atoms with Gasteiger partial charge in [0.2, 0.25) is 0 Å². The molecule has 1 heterocycles. The number of ketones is 1. The molecule has 0 fully saturated rings. The Morgan fingerprint density at radius 1 is 1.29 bits per heavy atom. The van der Waals surface area contributed by atoms with Crippen molar-refractivity contribution in [3.63, 3.8) is 0 Å². The van der Waals surface area contributed by atoms with E-state index >= 15 is 0 Å². The van der Waals surface area contributed by atoms with Crippen LogP contribution in [0.3, 0.4) is 0 Å². The van der Waals surface area contributed by atoms with Crippen LogP contribution in [0.5, 0.6) is 0 Å². The van der Waals surface area contributed by atoms with Crippen LogP contribution in [0.2, 0.25) is 0 Å². The van der Waals surface area contributed by atoms with Crippen LogP contribution in [-0.4, -0.2) is 17.4 Å². The molecule has 1 aromatic carbocycles. The first kappa shape index (κ1) is 15.9. The molecular formula is C17H21NO2S. The fourth-order valence-electron chi connectivity index (χ4n) is 2.16. The molecule has 0 N–H and O–H groups in total. The second-order valence-corrected chi connectivity index (χ2v) is 5.99. The fourth-order valence-corrected chi connectivity index (χ4v) is 3.16. The summed E-state index contributed by atoms with van der Waals surface area (Å²) in [5.41, 5.74) is 1.20. The molecule has 0 bridgehead atoms. The monoisotopic (exact) mass is 303 g/mol. The third-order valence-electron chi connectivity index (χ3n) is 3.58. The molecule has 4 heteroatoms. The predicted molar refractivity (Wildman–Crippen MR) is 85.9 cm³/mol. The molecule has 0 amide bonds. The predicted octanol–water partition coefficient (Wildman–Crippen LogP) is 4.23. The number of hydrogen-bond donors (Lipinski definition) is 0. The molecule has 0 aliphatic rings. The molecule has 0 radical (unpaired) electrons. The first-order valence-corrected chi connectivity index (χ1v) is 8.14. The number of carbonyl (C=O) groups excluding carboxylic acids is 1. The maximum atomic E-state index is 12.2. The van der Waals surface area contributed by atoms with Crippen LogP contribution in [0.25, 0.3) is 0 Å². The van der Waals surface area contributed by atoms with E-state index in [0.29, 0.717) is 13.0 Å². The molecule has 112 valence electrons. The molecule has 0 spiro atoms. The Morgan fingerprint density at radius 3 is 2.62 bits per heavy atom. The second kappa shape index (κ2) is 6.96. The van der Waals surface area contributed by atoms with Crippen molar-refractivity contribution in [2.24, 2.45) is 0 Å². The van der Waals surface area contributed by atoms with Gasteiger partial charge in [-0.2, -0.15) is 0 Å². The fraction of sp³-hybridized carbons (Fsp3) is 0.412. The summed E-state index contributed by atoms with van der Waals surface area (Å²) < 4.78 is 5.83. The summed E-state index contributed by atoms with van der Waals surface area (Å²) in [6.07, 6.45) is 1.20. The first-order valence-electron chi connectivity index (χ1n) is 7.26. The highest BCUT2D eigenvalue weighted by Gasteiger charge is 2.28. The molecule has 3 nitrogen and oxygen atoms in total. The van der Waals surface area contributed by atoms with Crippen molar-refractivity contribution >= 4 is 17.1 Å². The van der Waals surface area contributed by atoms with E-state index in [1.165, 1.54) is 0 Å². The lowest BCUT2D eigenvalue weighted by Crippen LogP contribution is -2.25. The molecule has 1 atom stereocenters. The van der Waals surface area contributed by atoms with Crippen LogP contribution >= 0.6 is 11.3 Å². The topological polar surface area (TPSA) is 39.2 Å². The lowest BCUT2D eigenvalue weighted by atomic mass is 10.0. The molecule has 2 aromatic rings. The Labute approximate surface area is 130 Å². The van der Waals surface area contributed by atoms with Crippen molar-refractivity contribution in [2.75, 3.05) is 6.61 Å². The van der Waals surface area contributed by atoms with Crippen LogP contribution in [-0.2, 0) is 16.8 Å². The van der Waals surface area contributed by atoms with Crippen LogP contribution in [0, 0.1) is 0 Å². The van der Waals surface area contributed by atoms with Crippen LogP contribution < -0.4 is 0 Å². The van der Waals surface area contributed by atoms with E-state index in [1.807, 2.05) is 42.6 Å². The van der Waals surface area contributed by atoms with E-state index in [1.54, 1.807) is 11.3 Å². The average Bonchev–Trinajstić information content (AvgIpc) is 2.97. The number of rotatable bonds is 7. The number of nitrogens with zero attached hydrogens (tertiary/aromatic N) is 1. The number of Topliss-reactive ketones (excluding diaryl/α,β-unsaturated/α-hetero) is 1. The lowest BCUT2D eigenvalue weighted by Gasteiger charge is -2.25. The van der Waals surface area contributed by atoms with E-state index in [4.69, 9.17) is 4.74 Å². The van der Waals surface area contributed by atoms with Gasteiger partial charge in [0.15, 0.2) is 5.78 Å². The highest BCUT2D eigenvalue weighted by Crippen LogP contribution is 2.31. The third kappa shape index (κ3) is 3.77. The van der Waals surface area contributed by atoms with Crippen molar-refractivity contribution in [2.45, 2.75) is 39.2 Å². The number of ether oxygens (including phenoxy) is 1. The van der Waals surface area contributed by atoms with E-state index in [9.17, 15) is 4.79 Å². The summed E-state index contributed by atoms with van der Waals surface area (Å²) in [4.78, 5) is 16.8. The smallest absolute Gasteiger partial charge is 0.168 e. The summed E-state index contributed by atoms with van der Waals surface area (Å²) in [6, 6.07) is 9.34. The average molecular weight is 303 g/mol. The molecule has 2 rings (SSSR count). The van der Waals surface area contributed by atoms with Gasteiger partial charge in [0.05, 0.1) is 12.1 Å². The van der Waals surface area contributed by atoms with Gasteiger partial charge >= 0.3 is 0 Å². The summed E-state index contributed by atoms with van der Waals surface area (Å²) in [5, 5.41) is 2.91. The molecule has 1 aromatic heterocycles. The second-order valence-electron chi connectivity index (χ2n) is 5.13. The first-order chi connectivity index (χ1) is 10.1.